The maximum absolute atomic E-state index is 12.4. The minimum atomic E-state index is -0.224. The van der Waals surface area contributed by atoms with Crippen molar-refractivity contribution in [3.63, 3.8) is 0 Å². The van der Waals surface area contributed by atoms with E-state index in [1.54, 1.807) is 17.5 Å². The topological polar surface area (TPSA) is 54.5 Å². The molecular formula is C14H23N3O2S. The fourth-order valence-electron chi connectivity index (χ4n) is 2.30. The number of aromatic nitrogens is 1. The van der Waals surface area contributed by atoms with E-state index in [0.29, 0.717) is 19.7 Å². The first-order chi connectivity index (χ1) is 9.58. The summed E-state index contributed by atoms with van der Waals surface area (Å²) in [6, 6.07) is -0.0201. The maximum Gasteiger partial charge on any atom is 0.318 e. The van der Waals surface area contributed by atoms with E-state index in [1.807, 2.05) is 10.3 Å². The van der Waals surface area contributed by atoms with Crippen LogP contribution >= 0.6 is 11.3 Å². The summed E-state index contributed by atoms with van der Waals surface area (Å²) in [5.41, 5.74) is -0.224. The molecule has 2 atom stereocenters. The van der Waals surface area contributed by atoms with Crippen LogP contribution in [-0.2, 0) is 4.74 Å². The second-order valence-electron chi connectivity index (χ2n) is 5.35. The lowest BCUT2D eigenvalue weighted by molar-refractivity contribution is -0.0874. The summed E-state index contributed by atoms with van der Waals surface area (Å²) in [6.45, 7) is 8.10. The Balaban J connectivity index is 1.97. The minimum Gasteiger partial charge on any atom is -0.372 e. The molecule has 2 amide bonds. The number of ether oxygens (including phenoxy) is 1. The summed E-state index contributed by atoms with van der Waals surface area (Å²) in [4.78, 5) is 18.5. The van der Waals surface area contributed by atoms with Crippen molar-refractivity contribution in [3.8, 4) is 0 Å². The van der Waals surface area contributed by atoms with E-state index >= 15 is 0 Å². The number of urea groups is 1. The number of nitrogens with one attached hydrogen (secondary N) is 1. The first kappa shape index (κ1) is 15.3. The third-order valence-corrected chi connectivity index (χ3v) is 4.72. The summed E-state index contributed by atoms with van der Waals surface area (Å²) < 4.78 is 5.77. The maximum atomic E-state index is 12.4. The molecular weight excluding hydrogens is 274 g/mol. The van der Waals surface area contributed by atoms with Crippen LogP contribution in [0.2, 0.25) is 0 Å². The van der Waals surface area contributed by atoms with Crippen LogP contribution in [0.1, 0.15) is 44.7 Å². The van der Waals surface area contributed by atoms with Gasteiger partial charge in [0.15, 0.2) is 0 Å². The van der Waals surface area contributed by atoms with Crippen LogP contribution in [0.5, 0.6) is 0 Å². The minimum absolute atomic E-state index is 0.00164. The molecule has 20 heavy (non-hydrogen) atoms. The van der Waals surface area contributed by atoms with Gasteiger partial charge in [0.05, 0.1) is 24.8 Å². The highest BCUT2D eigenvalue weighted by Crippen LogP contribution is 2.23. The second-order valence-corrected chi connectivity index (χ2v) is 6.28. The molecule has 1 aromatic heterocycles. The quantitative estimate of drug-likeness (QED) is 0.929. The Morgan fingerprint density at radius 3 is 3.05 bits per heavy atom. The molecule has 1 fully saturated rings. The van der Waals surface area contributed by atoms with Crippen LogP contribution in [0.15, 0.2) is 11.6 Å². The van der Waals surface area contributed by atoms with Crippen LogP contribution in [-0.4, -0.2) is 41.2 Å². The van der Waals surface area contributed by atoms with Crippen LogP contribution in [0, 0.1) is 0 Å². The van der Waals surface area contributed by atoms with E-state index in [4.69, 9.17) is 4.74 Å². The van der Waals surface area contributed by atoms with Crippen molar-refractivity contribution in [1.82, 2.24) is 15.2 Å². The molecule has 0 saturated carbocycles. The standard InChI is InChI=1S/C14H23N3O2S/c1-4-11(12-15-6-9-20-12)16-13(18)17-7-8-19-14(3,5-2)10-17/h6,9,11H,4-5,7-8,10H2,1-3H3,(H,16,18)/t11-,14+/m0/s1. The van der Waals surface area contributed by atoms with E-state index in [1.165, 1.54) is 0 Å². The summed E-state index contributed by atoms with van der Waals surface area (Å²) >= 11 is 1.58. The lowest BCUT2D eigenvalue weighted by atomic mass is 10.0. The zero-order valence-corrected chi connectivity index (χ0v) is 13.2. The average Bonchev–Trinajstić information content (AvgIpc) is 2.98. The predicted octanol–water partition coefficient (Wildman–Crippen LogP) is 2.80. The molecule has 112 valence electrons. The van der Waals surface area contributed by atoms with Crippen LogP contribution < -0.4 is 5.32 Å². The molecule has 0 aliphatic carbocycles. The number of hydrogen-bond acceptors (Lipinski definition) is 4. The number of rotatable bonds is 4. The molecule has 1 aliphatic rings. The molecule has 2 heterocycles. The third-order valence-electron chi connectivity index (χ3n) is 3.83. The molecule has 0 spiro atoms. The molecule has 1 N–H and O–H groups in total. The molecule has 5 nitrogen and oxygen atoms in total. The van der Waals surface area contributed by atoms with Gasteiger partial charge in [0.2, 0.25) is 0 Å². The van der Waals surface area contributed by atoms with Gasteiger partial charge in [-0.3, -0.25) is 0 Å². The average molecular weight is 297 g/mol. The van der Waals surface area contributed by atoms with Crippen molar-refractivity contribution in [3.05, 3.63) is 16.6 Å². The van der Waals surface area contributed by atoms with Crippen molar-refractivity contribution in [2.24, 2.45) is 0 Å². The van der Waals surface area contributed by atoms with Crippen molar-refractivity contribution >= 4 is 17.4 Å². The van der Waals surface area contributed by atoms with Crippen molar-refractivity contribution < 1.29 is 9.53 Å². The van der Waals surface area contributed by atoms with Crippen molar-refractivity contribution in [1.29, 1.82) is 0 Å². The molecule has 0 radical (unpaired) electrons. The zero-order chi connectivity index (χ0) is 14.6. The van der Waals surface area contributed by atoms with E-state index in [-0.39, 0.29) is 17.7 Å². The number of morpholine rings is 1. The van der Waals surface area contributed by atoms with Gasteiger partial charge in [-0.05, 0) is 19.8 Å². The van der Waals surface area contributed by atoms with Gasteiger partial charge in [-0.1, -0.05) is 13.8 Å². The van der Waals surface area contributed by atoms with Gasteiger partial charge in [-0.25, -0.2) is 9.78 Å². The van der Waals surface area contributed by atoms with Gasteiger partial charge in [-0.15, -0.1) is 11.3 Å². The number of thiazole rings is 1. The summed E-state index contributed by atoms with van der Waals surface area (Å²) in [5, 5.41) is 5.98. The van der Waals surface area contributed by atoms with Gasteiger partial charge < -0.3 is 15.0 Å². The molecule has 6 heteroatoms. The Morgan fingerprint density at radius 2 is 2.45 bits per heavy atom. The van der Waals surface area contributed by atoms with Crippen LogP contribution in [0.3, 0.4) is 0 Å². The van der Waals surface area contributed by atoms with Gasteiger partial charge in [0.1, 0.15) is 5.01 Å². The second kappa shape index (κ2) is 6.54. The SMILES string of the molecule is CC[C@H](NC(=O)N1CCO[C@](C)(CC)C1)c1nccs1. The highest BCUT2D eigenvalue weighted by molar-refractivity contribution is 7.09. The molecule has 0 bridgehead atoms. The molecule has 2 rings (SSSR count). The Bertz CT molecular complexity index is 438. The normalized spacial score (nSPS) is 24.4. The van der Waals surface area contributed by atoms with Crippen LogP contribution in [0.25, 0.3) is 0 Å². The first-order valence-corrected chi connectivity index (χ1v) is 8.04. The molecule has 0 aromatic carbocycles. The predicted molar refractivity (Wildman–Crippen MR) is 79.9 cm³/mol. The van der Waals surface area contributed by atoms with Gasteiger partial charge in [-0.2, -0.15) is 0 Å². The van der Waals surface area contributed by atoms with Crippen LogP contribution in [0.4, 0.5) is 4.79 Å². The number of hydrogen-bond donors (Lipinski definition) is 1. The summed E-state index contributed by atoms with van der Waals surface area (Å²) in [6.07, 6.45) is 3.52. The zero-order valence-electron chi connectivity index (χ0n) is 12.4. The fraction of sp³-hybridized carbons (Fsp3) is 0.714. The fourth-order valence-corrected chi connectivity index (χ4v) is 3.08. The molecule has 1 saturated heterocycles. The summed E-state index contributed by atoms with van der Waals surface area (Å²) in [5.74, 6) is 0. The summed E-state index contributed by atoms with van der Waals surface area (Å²) in [7, 11) is 0. The Morgan fingerprint density at radius 1 is 1.65 bits per heavy atom. The Hall–Kier alpha value is -1.14. The Kier molecular flexibility index (Phi) is 4.99. The highest BCUT2D eigenvalue weighted by Gasteiger charge is 2.33. The number of carbonyl (C=O) groups is 1. The Labute approximate surface area is 124 Å². The van der Waals surface area contributed by atoms with E-state index in [0.717, 1.165) is 17.8 Å². The molecule has 1 aromatic rings. The van der Waals surface area contributed by atoms with Gasteiger partial charge >= 0.3 is 6.03 Å². The molecule has 0 unspecified atom stereocenters. The smallest absolute Gasteiger partial charge is 0.318 e. The van der Waals surface area contributed by atoms with E-state index in [2.05, 4.69) is 31.1 Å². The number of amides is 2. The lowest BCUT2D eigenvalue weighted by Gasteiger charge is -2.40. The number of carbonyl (C=O) groups excluding carboxylic acids is 1. The van der Waals surface area contributed by atoms with Crippen molar-refractivity contribution in [2.75, 3.05) is 19.7 Å². The largest absolute Gasteiger partial charge is 0.372 e. The first-order valence-electron chi connectivity index (χ1n) is 7.16. The monoisotopic (exact) mass is 297 g/mol. The molecule has 1 aliphatic heterocycles. The van der Waals surface area contributed by atoms with E-state index in [9.17, 15) is 4.79 Å². The highest BCUT2D eigenvalue weighted by atomic mass is 32.1. The van der Waals surface area contributed by atoms with Crippen molar-refractivity contribution in [2.45, 2.75) is 45.3 Å². The number of nitrogens with zero attached hydrogens (tertiary/aromatic N) is 2. The third kappa shape index (κ3) is 3.49. The van der Waals surface area contributed by atoms with E-state index < -0.39 is 0 Å². The van der Waals surface area contributed by atoms with Gasteiger partial charge in [0, 0.05) is 18.1 Å². The van der Waals surface area contributed by atoms with Gasteiger partial charge in [0.25, 0.3) is 0 Å². The lowest BCUT2D eigenvalue weighted by Crippen LogP contribution is -2.54.